The SMILES string of the molecule is O=C1N2Cc3[nH]ncc3C(C2)N1OCc1ccccc1. The lowest BCUT2D eigenvalue weighted by molar-refractivity contribution is -0.141. The Morgan fingerprint density at radius 3 is 3.05 bits per heavy atom. The van der Waals surface area contributed by atoms with Gasteiger partial charge in [-0.2, -0.15) is 10.2 Å². The van der Waals surface area contributed by atoms with Crippen LogP contribution in [0.3, 0.4) is 0 Å². The highest BCUT2D eigenvalue weighted by Crippen LogP contribution is 2.36. The molecule has 1 saturated heterocycles. The van der Waals surface area contributed by atoms with Gasteiger partial charge in [-0.15, -0.1) is 0 Å². The molecule has 1 fully saturated rings. The number of amides is 2. The van der Waals surface area contributed by atoms with Crippen LogP contribution in [-0.4, -0.2) is 32.7 Å². The Kier molecular flexibility index (Phi) is 2.50. The van der Waals surface area contributed by atoms with Crippen LogP contribution < -0.4 is 0 Å². The zero-order chi connectivity index (χ0) is 13.5. The number of hydrogen-bond donors (Lipinski definition) is 1. The van der Waals surface area contributed by atoms with E-state index >= 15 is 0 Å². The van der Waals surface area contributed by atoms with Gasteiger partial charge in [0.05, 0.1) is 25.0 Å². The largest absolute Gasteiger partial charge is 0.345 e. The molecule has 2 aromatic rings. The molecular weight excluding hydrogens is 256 g/mol. The van der Waals surface area contributed by atoms with E-state index in [2.05, 4.69) is 10.2 Å². The molecule has 2 aliphatic heterocycles. The predicted molar refractivity (Wildman–Crippen MR) is 70.2 cm³/mol. The third-order valence-electron chi connectivity index (χ3n) is 3.81. The first kappa shape index (κ1) is 11.5. The van der Waals surface area contributed by atoms with E-state index in [0.717, 1.165) is 16.8 Å². The molecule has 0 aliphatic carbocycles. The second kappa shape index (κ2) is 4.35. The fourth-order valence-electron chi connectivity index (χ4n) is 2.78. The van der Waals surface area contributed by atoms with Gasteiger partial charge >= 0.3 is 6.03 Å². The molecule has 2 amide bonds. The number of nitrogens with one attached hydrogen (secondary N) is 1. The summed E-state index contributed by atoms with van der Waals surface area (Å²) in [6.07, 6.45) is 1.79. The van der Waals surface area contributed by atoms with E-state index in [0.29, 0.717) is 19.7 Å². The lowest BCUT2D eigenvalue weighted by atomic mass is 10.1. The van der Waals surface area contributed by atoms with E-state index in [1.807, 2.05) is 30.3 Å². The summed E-state index contributed by atoms with van der Waals surface area (Å²) in [6.45, 7) is 1.64. The number of nitrogens with zero attached hydrogens (tertiary/aromatic N) is 3. The van der Waals surface area contributed by atoms with Crippen LogP contribution in [0.4, 0.5) is 4.79 Å². The molecule has 0 radical (unpaired) electrons. The van der Waals surface area contributed by atoms with E-state index in [1.54, 1.807) is 11.1 Å². The zero-order valence-corrected chi connectivity index (χ0v) is 10.8. The first-order valence-corrected chi connectivity index (χ1v) is 6.60. The van der Waals surface area contributed by atoms with Crippen LogP contribution in [0.1, 0.15) is 22.9 Å². The first-order chi connectivity index (χ1) is 9.83. The Hall–Kier alpha value is -2.34. The van der Waals surface area contributed by atoms with Crippen molar-refractivity contribution in [1.29, 1.82) is 0 Å². The van der Waals surface area contributed by atoms with Gasteiger partial charge in [-0.05, 0) is 5.56 Å². The molecule has 6 nitrogen and oxygen atoms in total. The fourth-order valence-corrected chi connectivity index (χ4v) is 2.78. The summed E-state index contributed by atoms with van der Waals surface area (Å²) < 4.78 is 0. The normalized spacial score (nSPS) is 20.4. The monoisotopic (exact) mass is 270 g/mol. The van der Waals surface area contributed by atoms with Gasteiger partial charge in [0.15, 0.2) is 0 Å². The minimum Gasteiger partial charge on any atom is -0.314 e. The highest BCUT2D eigenvalue weighted by atomic mass is 16.7. The van der Waals surface area contributed by atoms with Crippen molar-refractivity contribution in [3.8, 4) is 0 Å². The van der Waals surface area contributed by atoms with Crippen LogP contribution in [0.5, 0.6) is 0 Å². The Bertz CT molecular complexity index is 640. The number of fused-ring (bicyclic) bond motifs is 4. The van der Waals surface area contributed by atoms with E-state index in [-0.39, 0.29) is 12.1 Å². The molecule has 3 heterocycles. The molecule has 1 N–H and O–H groups in total. The number of H-pyrrole nitrogens is 1. The van der Waals surface area contributed by atoms with Crippen molar-refractivity contribution < 1.29 is 9.63 Å². The van der Waals surface area contributed by atoms with Crippen LogP contribution >= 0.6 is 0 Å². The summed E-state index contributed by atoms with van der Waals surface area (Å²) in [5, 5.41) is 8.48. The maximum absolute atomic E-state index is 12.3. The number of rotatable bonds is 3. The van der Waals surface area contributed by atoms with Crippen molar-refractivity contribution in [1.82, 2.24) is 20.2 Å². The summed E-state index contributed by atoms with van der Waals surface area (Å²) in [7, 11) is 0. The lowest BCUT2D eigenvalue weighted by Gasteiger charge is -2.22. The average molecular weight is 270 g/mol. The summed E-state index contributed by atoms with van der Waals surface area (Å²) >= 11 is 0. The van der Waals surface area contributed by atoms with E-state index < -0.39 is 0 Å². The van der Waals surface area contributed by atoms with Crippen molar-refractivity contribution in [2.45, 2.75) is 19.2 Å². The Morgan fingerprint density at radius 2 is 2.20 bits per heavy atom. The minimum absolute atomic E-state index is 0.0614. The quantitative estimate of drug-likeness (QED) is 0.925. The first-order valence-electron chi connectivity index (χ1n) is 6.60. The Morgan fingerprint density at radius 1 is 1.35 bits per heavy atom. The summed E-state index contributed by atoms with van der Waals surface area (Å²) in [6, 6.07) is 9.71. The Labute approximate surface area is 115 Å². The minimum atomic E-state index is -0.0736. The predicted octanol–water partition coefficient (Wildman–Crippen LogP) is 1.83. The molecule has 1 atom stereocenters. The number of aromatic amines is 1. The maximum Gasteiger partial charge on any atom is 0.345 e. The van der Waals surface area contributed by atoms with Crippen LogP contribution in [0, 0.1) is 0 Å². The molecule has 1 aromatic heterocycles. The van der Waals surface area contributed by atoms with Gasteiger partial charge in [-0.3, -0.25) is 9.94 Å². The summed E-state index contributed by atoms with van der Waals surface area (Å²) in [5.74, 6) is 0. The van der Waals surface area contributed by atoms with Crippen LogP contribution in [0.2, 0.25) is 0 Å². The smallest absolute Gasteiger partial charge is 0.314 e. The van der Waals surface area contributed by atoms with Crippen molar-refractivity contribution >= 4 is 6.03 Å². The van der Waals surface area contributed by atoms with Crippen LogP contribution in [-0.2, 0) is 18.0 Å². The number of carbonyl (C=O) groups is 1. The number of benzene rings is 1. The highest BCUT2D eigenvalue weighted by Gasteiger charge is 2.44. The third kappa shape index (κ3) is 1.69. The molecule has 4 rings (SSSR count). The van der Waals surface area contributed by atoms with Crippen molar-refractivity contribution in [2.24, 2.45) is 0 Å². The van der Waals surface area contributed by atoms with Gasteiger partial charge in [0.25, 0.3) is 0 Å². The molecule has 6 heteroatoms. The molecular formula is C14H14N4O2. The molecule has 1 unspecified atom stereocenters. The molecule has 20 heavy (non-hydrogen) atoms. The molecule has 2 bridgehead atoms. The van der Waals surface area contributed by atoms with E-state index in [4.69, 9.17) is 4.84 Å². The van der Waals surface area contributed by atoms with Crippen LogP contribution in [0.25, 0.3) is 0 Å². The van der Waals surface area contributed by atoms with Crippen molar-refractivity contribution in [3.63, 3.8) is 0 Å². The Balaban J connectivity index is 1.55. The van der Waals surface area contributed by atoms with Gasteiger partial charge < -0.3 is 4.90 Å². The van der Waals surface area contributed by atoms with Crippen molar-refractivity contribution in [3.05, 3.63) is 53.3 Å². The highest BCUT2D eigenvalue weighted by molar-refractivity contribution is 5.77. The molecule has 0 spiro atoms. The number of hydrogen-bond acceptors (Lipinski definition) is 3. The molecule has 2 aliphatic rings. The summed E-state index contributed by atoms with van der Waals surface area (Å²) in [4.78, 5) is 19.8. The van der Waals surface area contributed by atoms with E-state index in [1.165, 1.54) is 5.06 Å². The second-order valence-electron chi connectivity index (χ2n) is 5.07. The standard InChI is InChI=1S/C14H14N4O2/c19-14-17-7-12-11(6-15-16-12)13(8-17)18(14)20-9-10-4-2-1-3-5-10/h1-6,13H,7-9H2,(H,15,16). The van der Waals surface area contributed by atoms with Gasteiger partial charge in [0.1, 0.15) is 12.6 Å². The zero-order valence-electron chi connectivity index (χ0n) is 10.8. The van der Waals surface area contributed by atoms with Gasteiger partial charge in [-0.1, -0.05) is 30.3 Å². The van der Waals surface area contributed by atoms with Gasteiger partial charge in [-0.25, -0.2) is 4.79 Å². The number of hydroxylamine groups is 2. The lowest BCUT2D eigenvalue weighted by Crippen LogP contribution is -2.30. The van der Waals surface area contributed by atoms with Gasteiger partial charge in [0.2, 0.25) is 0 Å². The van der Waals surface area contributed by atoms with Crippen molar-refractivity contribution in [2.75, 3.05) is 6.54 Å². The fraction of sp³-hybridized carbons (Fsp3) is 0.286. The van der Waals surface area contributed by atoms with Gasteiger partial charge in [0, 0.05) is 5.56 Å². The second-order valence-corrected chi connectivity index (χ2v) is 5.07. The number of aromatic nitrogens is 2. The molecule has 102 valence electrons. The molecule has 1 aromatic carbocycles. The number of carbonyl (C=O) groups excluding carboxylic acids is 1. The number of urea groups is 1. The van der Waals surface area contributed by atoms with E-state index in [9.17, 15) is 4.79 Å². The van der Waals surface area contributed by atoms with Crippen LogP contribution in [0.15, 0.2) is 36.5 Å². The summed E-state index contributed by atoms with van der Waals surface area (Å²) in [5.41, 5.74) is 3.10. The average Bonchev–Trinajstić information content (AvgIpc) is 3.05. The topological polar surface area (TPSA) is 61.5 Å². The molecule has 0 saturated carbocycles. The third-order valence-corrected chi connectivity index (χ3v) is 3.81. The maximum atomic E-state index is 12.3.